The monoisotopic (exact) mass is 305 g/mol. The normalized spacial score (nSPS) is 9.77. The predicted octanol–water partition coefficient (Wildman–Crippen LogP) is 3.33. The van der Waals surface area contributed by atoms with Crippen LogP contribution in [-0.4, -0.2) is 7.11 Å². The van der Waals surface area contributed by atoms with Crippen LogP contribution in [0.3, 0.4) is 0 Å². The Morgan fingerprint density at radius 1 is 1.38 bits per heavy atom. The lowest BCUT2D eigenvalue weighted by Gasteiger charge is -2.07. The van der Waals surface area contributed by atoms with E-state index in [9.17, 15) is 0 Å². The van der Waals surface area contributed by atoms with Gasteiger partial charge in [-0.2, -0.15) is 0 Å². The van der Waals surface area contributed by atoms with Crippen LogP contribution in [0, 0.1) is 0 Å². The van der Waals surface area contributed by atoms with Crippen LogP contribution in [0.1, 0.15) is 5.56 Å². The van der Waals surface area contributed by atoms with Gasteiger partial charge in [-0.3, -0.25) is 10.3 Å². The van der Waals surface area contributed by atoms with Gasteiger partial charge in [0.05, 0.1) is 12.8 Å². The first-order chi connectivity index (χ1) is 6.15. The van der Waals surface area contributed by atoms with Crippen molar-refractivity contribution in [2.45, 2.75) is 0 Å². The molecule has 2 nitrogen and oxygen atoms in total. The molecule has 0 spiro atoms. The van der Waals surface area contributed by atoms with E-state index in [0.29, 0.717) is 0 Å². The Hall–Kier alpha value is -0.320. The number of nitrogens with one attached hydrogen (secondary N) is 1. The van der Waals surface area contributed by atoms with E-state index in [-0.39, 0.29) is 0 Å². The molecule has 0 amide bonds. The molecule has 0 aliphatic carbocycles. The van der Waals surface area contributed by atoms with Crippen LogP contribution < -0.4 is 5.48 Å². The number of halogens is 2. The van der Waals surface area contributed by atoms with Gasteiger partial charge in [0.2, 0.25) is 0 Å². The molecule has 0 radical (unpaired) electrons. The van der Waals surface area contributed by atoms with Gasteiger partial charge in [0.1, 0.15) is 0 Å². The number of benzene rings is 1. The van der Waals surface area contributed by atoms with Crippen LogP contribution in [0.4, 0.5) is 0 Å². The summed E-state index contributed by atoms with van der Waals surface area (Å²) in [7, 11) is 1.55. The van der Waals surface area contributed by atoms with Gasteiger partial charge >= 0.3 is 0 Å². The zero-order valence-corrected chi connectivity index (χ0v) is 10.3. The Balaban J connectivity index is 2.90. The maximum atomic E-state index is 4.75. The molecule has 0 bridgehead atoms. The molecule has 1 N–H and O–H groups in total. The van der Waals surface area contributed by atoms with Gasteiger partial charge in [0, 0.05) is 14.5 Å². The quantitative estimate of drug-likeness (QED) is 0.865. The molecule has 1 aromatic carbocycles. The molecule has 0 saturated heterocycles. The molecule has 0 aromatic heterocycles. The molecule has 13 heavy (non-hydrogen) atoms. The lowest BCUT2D eigenvalue weighted by atomic mass is 10.2. The Morgan fingerprint density at radius 2 is 2.08 bits per heavy atom. The average Bonchev–Trinajstić information content (AvgIpc) is 2.10. The molecule has 1 rings (SSSR count). The van der Waals surface area contributed by atoms with E-state index < -0.39 is 0 Å². The summed E-state index contributed by atoms with van der Waals surface area (Å²) < 4.78 is 2.01. The fourth-order valence-electron chi connectivity index (χ4n) is 0.866. The third kappa shape index (κ3) is 2.83. The van der Waals surface area contributed by atoms with Crippen molar-refractivity contribution in [1.82, 2.24) is 5.48 Å². The first kappa shape index (κ1) is 10.8. The maximum absolute atomic E-state index is 4.75. The van der Waals surface area contributed by atoms with Crippen molar-refractivity contribution in [3.63, 3.8) is 0 Å². The highest BCUT2D eigenvalue weighted by Crippen LogP contribution is 2.25. The van der Waals surface area contributed by atoms with Crippen LogP contribution >= 0.6 is 31.9 Å². The zero-order valence-electron chi connectivity index (χ0n) is 7.10. The third-order valence-electron chi connectivity index (χ3n) is 1.49. The molecule has 0 heterocycles. The van der Waals surface area contributed by atoms with Gasteiger partial charge in [-0.05, 0) is 44.0 Å². The summed E-state index contributed by atoms with van der Waals surface area (Å²) in [5.74, 6) is 0. The molecule has 0 atom stereocenters. The van der Waals surface area contributed by atoms with Crippen LogP contribution in [0.15, 0.2) is 33.7 Å². The van der Waals surface area contributed by atoms with Gasteiger partial charge in [0.25, 0.3) is 0 Å². The first-order valence-corrected chi connectivity index (χ1v) is 5.17. The van der Waals surface area contributed by atoms with Crippen molar-refractivity contribution in [2.24, 2.45) is 0 Å². The fourth-order valence-corrected chi connectivity index (χ4v) is 1.49. The Labute approximate surface area is 94.2 Å². The number of hydroxylamine groups is 1. The Bertz CT molecular complexity index is 325. The number of hydrogen-bond acceptors (Lipinski definition) is 2. The van der Waals surface area contributed by atoms with Crippen LogP contribution in [0.2, 0.25) is 0 Å². The SMILES string of the molecule is C=C(NOC)c1ccc(Br)c(Br)c1. The van der Waals surface area contributed by atoms with E-state index in [1.165, 1.54) is 0 Å². The second-order valence-corrected chi connectivity index (χ2v) is 4.12. The van der Waals surface area contributed by atoms with E-state index >= 15 is 0 Å². The molecule has 1 aromatic rings. The smallest absolute Gasteiger partial charge is 0.0636 e. The third-order valence-corrected chi connectivity index (χ3v) is 3.37. The summed E-state index contributed by atoms with van der Waals surface area (Å²) in [6.07, 6.45) is 0. The van der Waals surface area contributed by atoms with E-state index in [1.54, 1.807) is 7.11 Å². The van der Waals surface area contributed by atoms with Crippen molar-refractivity contribution >= 4 is 37.6 Å². The van der Waals surface area contributed by atoms with E-state index in [4.69, 9.17) is 4.84 Å². The molecule has 70 valence electrons. The lowest BCUT2D eigenvalue weighted by Crippen LogP contribution is -2.08. The molecule has 0 aliphatic heterocycles. The fraction of sp³-hybridized carbons (Fsp3) is 0.111. The molecular formula is C9H9Br2NO. The molecule has 0 saturated carbocycles. The van der Waals surface area contributed by atoms with Gasteiger partial charge in [-0.25, -0.2) is 0 Å². The largest absolute Gasteiger partial charge is 0.279 e. The second-order valence-electron chi connectivity index (χ2n) is 2.41. The maximum Gasteiger partial charge on any atom is 0.0636 e. The highest BCUT2D eigenvalue weighted by molar-refractivity contribution is 9.13. The first-order valence-electron chi connectivity index (χ1n) is 3.58. The highest BCUT2D eigenvalue weighted by atomic mass is 79.9. The molecule has 4 heteroatoms. The number of hydrogen-bond donors (Lipinski definition) is 1. The van der Waals surface area contributed by atoms with Crippen molar-refractivity contribution in [2.75, 3.05) is 7.11 Å². The second kappa shape index (κ2) is 4.79. The van der Waals surface area contributed by atoms with E-state index in [0.717, 1.165) is 20.2 Å². The van der Waals surface area contributed by atoms with Gasteiger partial charge in [-0.1, -0.05) is 12.6 Å². The van der Waals surface area contributed by atoms with Gasteiger partial charge in [-0.15, -0.1) is 0 Å². The molecule has 0 aliphatic rings. The molecular weight excluding hydrogens is 298 g/mol. The standard InChI is InChI=1S/C9H9Br2NO/c1-6(12-13-2)7-3-4-8(10)9(11)5-7/h3-5,12H,1H2,2H3. The minimum atomic E-state index is 0.732. The number of rotatable bonds is 3. The zero-order chi connectivity index (χ0) is 9.84. The minimum absolute atomic E-state index is 0.732. The summed E-state index contributed by atoms with van der Waals surface area (Å²) >= 11 is 6.80. The topological polar surface area (TPSA) is 21.3 Å². The van der Waals surface area contributed by atoms with Crippen LogP contribution in [0.25, 0.3) is 5.70 Å². The van der Waals surface area contributed by atoms with Crippen molar-refractivity contribution in [3.05, 3.63) is 39.3 Å². The van der Waals surface area contributed by atoms with E-state index in [1.807, 2.05) is 18.2 Å². The van der Waals surface area contributed by atoms with Gasteiger partial charge < -0.3 is 0 Å². The Morgan fingerprint density at radius 3 is 2.62 bits per heavy atom. The highest BCUT2D eigenvalue weighted by Gasteiger charge is 2.01. The van der Waals surface area contributed by atoms with Crippen molar-refractivity contribution in [1.29, 1.82) is 0 Å². The van der Waals surface area contributed by atoms with E-state index in [2.05, 4.69) is 43.9 Å². The van der Waals surface area contributed by atoms with Crippen molar-refractivity contribution in [3.8, 4) is 0 Å². The van der Waals surface area contributed by atoms with Crippen LogP contribution in [0.5, 0.6) is 0 Å². The molecule has 0 unspecified atom stereocenters. The summed E-state index contributed by atoms with van der Waals surface area (Å²) in [5.41, 5.74) is 4.39. The van der Waals surface area contributed by atoms with Crippen LogP contribution in [-0.2, 0) is 4.84 Å². The lowest BCUT2D eigenvalue weighted by molar-refractivity contribution is 0.137. The Kier molecular flexibility index (Phi) is 3.96. The van der Waals surface area contributed by atoms with Crippen molar-refractivity contribution < 1.29 is 4.84 Å². The summed E-state index contributed by atoms with van der Waals surface area (Å²) in [6.45, 7) is 3.81. The van der Waals surface area contributed by atoms with Gasteiger partial charge in [0.15, 0.2) is 0 Å². The predicted molar refractivity (Wildman–Crippen MR) is 61.0 cm³/mol. The summed E-state index contributed by atoms with van der Waals surface area (Å²) in [4.78, 5) is 4.75. The molecule has 0 fully saturated rings. The summed E-state index contributed by atoms with van der Waals surface area (Å²) in [5, 5.41) is 0. The minimum Gasteiger partial charge on any atom is -0.279 e. The average molecular weight is 307 g/mol. The summed E-state index contributed by atoms with van der Waals surface area (Å²) in [6, 6.07) is 5.85.